The van der Waals surface area contributed by atoms with E-state index in [4.69, 9.17) is 4.74 Å². The van der Waals surface area contributed by atoms with Gasteiger partial charge in [0, 0.05) is 17.9 Å². The Morgan fingerprint density at radius 2 is 1.77 bits per heavy atom. The maximum Gasteiger partial charge on any atom is 0.226 e. The highest BCUT2D eigenvalue weighted by Crippen LogP contribution is 2.44. The third-order valence-corrected chi connectivity index (χ3v) is 5.58. The second kappa shape index (κ2) is 5.52. The molecular formula is C17H26NO4-. The highest BCUT2D eigenvalue weighted by atomic mass is 16.5. The zero-order valence-corrected chi connectivity index (χ0v) is 13.6. The Morgan fingerprint density at radius 1 is 1.14 bits per heavy atom. The predicted molar refractivity (Wildman–Crippen MR) is 78.6 cm³/mol. The Morgan fingerprint density at radius 3 is 2.36 bits per heavy atom. The number of hydrogen-bond acceptors (Lipinski definition) is 4. The van der Waals surface area contributed by atoms with Gasteiger partial charge in [0.05, 0.1) is 18.1 Å². The van der Waals surface area contributed by atoms with E-state index in [1.165, 1.54) is 0 Å². The van der Waals surface area contributed by atoms with Gasteiger partial charge < -0.3 is 20.0 Å². The van der Waals surface area contributed by atoms with Crippen molar-refractivity contribution in [2.45, 2.75) is 71.1 Å². The third-order valence-electron chi connectivity index (χ3n) is 5.58. The lowest BCUT2D eigenvalue weighted by molar-refractivity contribution is -0.314. The van der Waals surface area contributed by atoms with E-state index < -0.39 is 17.8 Å². The number of carbonyl (C=O) groups excluding carboxylic acids is 2. The molecule has 2 saturated heterocycles. The Hall–Kier alpha value is -1.10. The average molecular weight is 308 g/mol. The molecule has 6 unspecified atom stereocenters. The van der Waals surface area contributed by atoms with Gasteiger partial charge in [-0.25, -0.2) is 0 Å². The standard InChI is InChI=1S/C17H27NO4/c1-9-6-10(8-17(2,3)7-9)18-15(19)13-11-4-5-12(22-11)14(13)16(20)21/h9-14H,4-8H2,1-3H3,(H,18,19)(H,20,21)/p-1. The molecule has 0 aromatic heterocycles. The van der Waals surface area contributed by atoms with Crippen molar-refractivity contribution in [1.82, 2.24) is 5.32 Å². The Bertz CT molecular complexity index is 475. The summed E-state index contributed by atoms with van der Waals surface area (Å²) < 4.78 is 5.65. The van der Waals surface area contributed by atoms with Gasteiger partial charge in [0.1, 0.15) is 0 Å². The zero-order valence-electron chi connectivity index (χ0n) is 13.6. The third kappa shape index (κ3) is 2.87. The number of rotatable bonds is 3. The van der Waals surface area contributed by atoms with Crippen LogP contribution < -0.4 is 10.4 Å². The summed E-state index contributed by atoms with van der Waals surface area (Å²) >= 11 is 0. The van der Waals surface area contributed by atoms with Crippen molar-refractivity contribution < 1.29 is 19.4 Å². The fraction of sp³-hybridized carbons (Fsp3) is 0.882. The van der Waals surface area contributed by atoms with Crippen molar-refractivity contribution in [1.29, 1.82) is 0 Å². The molecule has 3 rings (SSSR count). The normalized spacial score (nSPS) is 43.0. The molecule has 1 saturated carbocycles. The van der Waals surface area contributed by atoms with E-state index in [0.717, 1.165) is 32.1 Å². The van der Waals surface area contributed by atoms with Gasteiger partial charge in [-0.05, 0) is 43.4 Å². The summed E-state index contributed by atoms with van der Waals surface area (Å²) in [7, 11) is 0. The minimum atomic E-state index is -1.15. The summed E-state index contributed by atoms with van der Waals surface area (Å²) in [5.41, 5.74) is 0.217. The lowest BCUT2D eigenvalue weighted by Crippen LogP contribution is -2.51. The van der Waals surface area contributed by atoms with E-state index in [1.54, 1.807) is 0 Å². The van der Waals surface area contributed by atoms with Crippen LogP contribution in [0.15, 0.2) is 0 Å². The molecular weight excluding hydrogens is 282 g/mol. The van der Waals surface area contributed by atoms with Crippen LogP contribution >= 0.6 is 0 Å². The monoisotopic (exact) mass is 308 g/mol. The molecule has 2 heterocycles. The number of carboxylic acids is 1. The van der Waals surface area contributed by atoms with Crippen LogP contribution in [0, 0.1) is 23.2 Å². The largest absolute Gasteiger partial charge is 0.550 e. The number of amides is 1. The number of ether oxygens (including phenoxy) is 1. The molecule has 5 heteroatoms. The smallest absolute Gasteiger partial charge is 0.226 e. The fourth-order valence-corrected chi connectivity index (χ4v) is 5.06. The summed E-state index contributed by atoms with van der Waals surface area (Å²) in [6.45, 7) is 6.67. The van der Waals surface area contributed by atoms with Crippen LogP contribution in [0.5, 0.6) is 0 Å². The molecule has 3 fully saturated rings. The van der Waals surface area contributed by atoms with Gasteiger partial charge in [-0.1, -0.05) is 20.8 Å². The van der Waals surface area contributed by atoms with Gasteiger partial charge in [0.15, 0.2) is 0 Å². The van der Waals surface area contributed by atoms with Crippen LogP contribution in [0.2, 0.25) is 0 Å². The van der Waals surface area contributed by atoms with Crippen LogP contribution in [0.3, 0.4) is 0 Å². The van der Waals surface area contributed by atoms with Crippen LogP contribution in [-0.2, 0) is 14.3 Å². The molecule has 0 aromatic carbocycles. The number of fused-ring (bicyclic) bond motifs is 2. The summed E-state index contributed by atoms with van der Waals surface area (Å²) in [4.78, 5) is 24.0. The molecule has 6 atom stereocenters. The van der Waals surface area contributed by atoms with E-state index in [9.17, 15) is 14.7 Å². The topological polar surface area (TPSA) is 78.5 Å². The van der Waals surface area contributed by atoms with Crippen molar-refractivity contribution in [2.24, 2.45) is 23.2 Å². The van der Waals surface area contributed by atoms with Gasteiger partial charge in [-0.2, -0.15) is 0 Å². The number of carbonyl (C=O) groups is 2. The molecule has 5 nitrogen and oxygen atoms in total. The Kier molecular flexibility index (Phi) is 3.96. The maximum absolute atomic E-state index is 12.7. The number of hydrogen-bond donors (Lipinski definition) is 1. The molecule has 1 amide bonds. The first-order chi connectivity index (χ1) is 10.3. The van der Waals surface area contributed by atoms with Gasteiger partial charge in [-0.15, -0.1) is 0 Å². The van der Waals surface area contributed by atoms with E-state index in [1.807, 2.05) is 0 Å². The van der Waals surface area contributed by atoms with Crippen LogP contribution in [-0.4, -0.2) is 30.1 Å². The summed E-state index contributed by atoms with van der Waals surface area (Å²) in [5, 5.41) is 14.5. The van der Waals surface area contributed by atoms with Crippen LogP contribution in [0.25, 0.3) is 0 Å². The van der Waals surface area contributed by atoms with E-state index in [0.29, 0.717) is 5.92 Å². The molecule has 0 spiro atoms. The SMILES string of the molecule is CC1CC(NC(=O)C2C3CCC(O3)C2C(=O)[O-])CC(C)(C)C1. The van der Waals surface area contributed by atoms with Gasteiger partial charge in [-0.3, -0.25) is 4.79 Å². The first kappa shape index (κ1) is 15.8. The minimum absolute atomic E-state index is 0.132. The fourth-order valence-electron chi connectivity index (χ4n) is 5.06. The Labute approximate surface area is 131 Å². The van der Waals surface area contributed by atoms with Gasteiger partial charge >= 0.3 is 0 Å². The van der Waals surface area contributed by atoms with Crippen molar-refractivity contribution in [3.8, 4) is 0 Å². The first-order valence-corrected chi connectivity index (χ1v) is 8.43. The van der Waals surface area contributed by atoms with E-state index >= 15 is 0 Å². The highest BCUT2D eigenvalue weighted by molar-refractivity contribution is 5.86. The summed E-state index contributed by atoms with van der Waals surface area (Å²) in [5.74, 6) is -2.10. The Balaban J connectivity index is 1.68. The van der Waals surface area contributed by atoms with Crippen LogP contribution in [0.4, 0.5) is 0 Å². The predicted octanol–water partition coefficient (Wildman–Crippen LogP) is 0.861. The second-order valence-electron chi connectivity index (χ2n) is 8.28. The molecule has 124 valence electrons. The minimum Gasteiger partial charge on any atom is -0.550 e. The van der Waals surface area contributed by atoms with Crippen molar-refractivity contribution in [2.75, 3.05) is 0 Å². The molecule has 1 N–H and O–H groups in total. The lowest BCUT2D eigenvalue weighted by Gasteiger charge is -2.40. The van der Waals surface area contributed by atoms with Crippen molar-refractivity contribution >= 4 is 11.9 Å². The molecule has 3 aliphatic rings. The molecule has 2 bridgehead atoms. The van der Waals surface area contributed by atoms with Crippen molar-refractivity contribution in [3.05, 3.63) is 0 Å². The van der Waals surface area contributed by atoms with E-state index in [2.05, 4.69) is 26.1 Å². The number of carboxylic acid groups (broad SMARTS) is 1. The van der Waals surface area contributed by atoms with E-state index in [-0.39, 0.29) is 29.6 Å². The molecule has 1 aliphatic carbocycles. The quantitative estimate of drug-likeness (QED) is 0.839. The van der Waals surface area contributed by atoms with Gasteiger partial charge in [0.2, 0.25) is 5.91 Å². The second-order valence-corrected chi connectivity index (χ2v) is 8.28. The van der Waals surface area contributed by atoms with Gasteiger partial charge in [0.25, 0.3) is 0 Å². The lowest BCUT2D eigenvalue weighted by atomic mass is 9.70. The number of aliphatic carboxylic acids is 1. The average Bonchev–Trinajstić information content (AvgIpc) is 2.95. The van der Waals surface area contributed by atoms with Crippen molar-refractivity contribution in [3.63, 3.8) is 0 Å². The first-order valence-electron chi connectivity index (χ1n) is 8.43. The summed E-state index contributed by atoms with van der Waals surface area (Å²) in [6.07, 6.45) is 3.99. The highest BCUT2D eigenvalue weighted by Gasteiger charge is 2.53. The van der Waals surface area contributed by atoms with Crippen LogP contribution in [0.1, 0.15) is 52.9 Å². The summed E-state index contributed by atoms with van der Waals surface area (Å²) in [6, 6.07) is 0.132. The molecule has 0 aromatic rings. The number of nitrogens with one attached hydrogen (secondary N) is 1. The molecule has 0 radical (unpaired) electrons. The maximum atomic E-state index is 12.7. The zero-order chi connectivity index (χ0) is 16.1. The molecule has 22 heavy (non-hydrogen) atoms. The molecule has 2 aliphatic heterocycles.